The van der Waals surface area contributed by atoms with Gasteiger partial charge in [0.05, 0.1) is 29.1 Å². The Morgan fingerprint density at radius 1 is 1.17 bits per heavy atom. The van der Waals surface area contributed by atoms with Crippen LogP contribution in [-0.2, 0) is 22.6 Å². The lowest BCUT2D eigenvalue weighted by atomic mass is 10.1. The Morgan fingerprint density at radius 2 is 1.94 bits per heavy atom. The van der Waals surface area contributed by atoms with Crippen LogP contribution in [0.15, 0.2) is 60.0 Å². The van der Waals surface area contributed by atoms with Gasteiger partial charge >= 0.3 is 0 Å². The predicted octanol–water partition coefficient (Wildman–Crippen LogP) is 3.30. The summed E-state index contributed by atoms with van der Waals surface area (Å²) in [6, 6.07) is 17.4. The maximum atomic E-state index is 12.8. The van der Waals surface area contributed by atoms with E-state index in [-0.39, 0.29) is 24.8 Å². The standard InChI is InChI=1S/C25H22N6O3S/c1-30(23(33)14-19-3-2-12-35-19)18-8-9-21-20(13-18)28-25(31(21)11-10-22(27)32)29-24(34)17-6-4-16(15-26)5-7-17/h2-9,12-13H,10-11,14H2,1H3,(H2,27,32)(H,28,29,34). The van der Waals surface area contributed by atoms with E-state index in [1.54, 1.807) is 59.0 Å². The fourth-order valence-electron chi connectivity index (χ4n) is 3.57. The number of hydrogen-bond acceptors (Lipinski definition) is 6. The number of carbonyl (C=O) groups is 3. The molecule has 0 aliphatic rings. The van der Waals surface area contributed by atoms with Crippen LogP contribution in [0.1, 0.15) is 27.2 Å². The van der Waals surface area contributed by atoms with Crippen LogP contribution in [-0.4, -0.2) is 34.3 Å². The third-order valence-corrected chi connectivity index (χ3v) is 6.36. The molecule has 0 saturated carbocycles. The second-order valence-electron chi connectivity index (χ2n) is 7.83. The lowest BCUT2D eigenvalue weighted by Crippen LogP contribution is -2.27. The first-order valence-electron chi connectivity index (χ1n) is 10.7. The average Bonchev–Trinajstić information content (AvgIpc) is 3.49. The summed E-state index contributed by atoms with van der Waals surface area (Å²) in [5, 5.41) is 13.7. The minimum Gasteiger partial charge on any atom is -0.370 e. The molecule has 0 saturated heterocycles. The lowest BCUT2D eigenvalue weighted by molar-refractivity contribution is -0.118. The van der Waals surface area contributed by atoms with E-state index in [2.05, 4.69) is 10.3 Å². The summed E-state index contributed by atoms with van der Waals surface area (Å²) in [6.45, 7) is 0.224. The molecule has 0 bridgehead atoms. The van der Waals surface area contributed by atoms with Gasteiger partial charge in [-0.2, -0.15) is 5.26 Å². The van der Waals surface area contributed by atoms with Crippen molar-refractivity contribution in [2.75, 3.05) is 17.3 Å². The van der Waals surface area contributed by atoms with E-state index in [1.807, 2.05) is 23.6 Å². The van der Waals surface area contributed by atoms with Gasteiger partial charge in [0.2, 0.25) is 17.8 Å². The number of benzene rings is 2. The van der Waals surface area contributed by atoms with E-state index in [9.17, 15) is 14.4 Å². The van der Waals surface area contributed by atoms with Gasteiger partial charge in [-0.1, -0.05) is 6.07 Å². The number of anilines is 2. The van der Waals surface area contributed by atoms with Gasteiger partial charge in [0.1, 0.15) is 0 Å². The second-order valence-corrected chi connectivity index (χ2v) is 8.86. The van der Waals surface area contributed by atoms with E-state index in [0.29, 0.717) is 34.3 Å². The maximum absolute atomic E-state index is 12.8. The monoisotopic (exact) mass is 486 g/mol. The quantitative estimate of drug-likeness (QED) is 0.394. The SMILES string of the molecule is CN(C(=O)Cc1cccs1)c1ccc2c(c1)nc(NC(=O)c1ccc(C#N)cc1)n2CCC(N)=O. The molecule has 0 atom stereocenters. The molecule has 2 aromatic carbocycles. The minimum atomic E-state index is -0.480. The van der Waals surface area contributed by atoms with Crippen LogP contribution in [0, 0.1) is 11.3 Å². The number of likely N-dealkylation sites (N-methyl/N-ethyl adjacent to an activating group) is 1. The van der Waals surface area contributed by atoms with Crippen LogP contribution in [0.25, 0.3) is 11.0 Å². The molecule has 0 aliphatic carbocycles. The molecule has 3 amide bonds. The van der Waals surface area contributed by atoms with Gasteiger partial charge in [0.15, 0.2) is 0 Å². The van der Waals surface area contributed by atoms with Crippen LogP contribution in [0.3, 0.4) is 0 Å². The van der Waals surface area contributed by atoms with Crippen molar-refractivity contribution in [1.82, 2.24) is 9.55 Å². The molecule has 9 nitrogen and oxygen atoms in total. The molecule has 3 N–H and O–H groups in total. The number of nitrogens with two attached hydrogens (primary N) is 1. The number of imidazole rings is 1. The van der Waals surface area contributed by atoms with E-state index in [4.69, 9.17) is 11.0 Å². The molecule has 0 spiro atoms. The van der Waals surface area contributed by atoms with E-state index in [0.717, 1.165) is 4.88 Å². The first kappa shape index (κ1) is 23.7. The fourth-order valence-corrected chi connectivity index (χ4v) is 4.26. The van der Waals surface area contributed by atoms with Gasteiger partial charge in [0.25, 0.3) is 5.91 Å². The van der Waals surface area contributed by atoms with Crippen molar-refractivity contribution in [3.63, 3.8) is 0 Å². The van der Waals surface area contributed by atoms with Crippen LogP contribution >= 0.6 is 11.3 Å². The molecule has 10 heteroatoms. The highest BCUT2D eigenvalue weighted by atomic mass is 32.1. The van der Waals surface area contributed by atoms with E-state index >= 15 is 0 Å². The van der Waals surface area contributed by atoms with Gasteiger partial charge in [-0.05, 0) is 53.9 Å². The molecule has 2 aromatic heterocycles. The van der Waals surface area contributed by atoms with Gasteiger partial charge in [-0.15, -0.1) is 11.3 Å². The van der Waals surface area contributed by atoms with Crippen molar-refractivity contribution in [3.8, 4) is 6.07 Å². The number of nitriles is 1. The molecule has 35 heavy (non-hydrogen) atoms. The summed E-state index contributed by atoms with van der Waals surface area (Å²) in [5.74, 6) is -0.699. The fraction of sp³-hybridized carbons (Fsp3) is 0.160. The number of fused-ring (bicyclic) bond motifs is 1. The van der Waals surface area contributed by atoms with Crippen LogP contribution < -0.4 is 16.0 Å². The van der Waals surface area contributed by atoms with Crippen molar-refractivity contribution >= 4 is 51.7 Å². The number of amides is 3. The molecular weight excluding hydrogens is 464 g/mol. The first-order chi connectivity index (χ1) is 16.9. The molecule has 176 valence electrons. The zero-order valence-corrected chi connectivity index (χ0v) is 19.7. The molecule has 4 rings (SSSR count). The summed E-state index contributed by atoms with van der Waals surface area (Å²) in [4.78, 5) is 44.1. The Balaban J connectivity index is 1.63. The molecule has 0 fully saturated rings. The van der Waals surface area contributed by atoms with Crippen molar-refractivity contribution < 1.29 is 14.4 Å². The number of carbonyl (C=O) groups excluding carboxylic acids is 3. The van der Waals surface area contributed by atoms with Crippen molar-refractivity contribution in [3.05, 3.63) is 76.0 Å². The number of rotatable bonds is 8. The van der Waals surface area contributed by atoms with Crippen molar-refractivity contribution in [1.29, 1.82) is 5.26 Å². The van der Waals surface area contributed by atoms with Crippen LogP contribution in [0.4, 0.5) is 11.6 Å². The van der Waals surface area contributed by atoms with Crippen LogP contribution in [0.2, 0.25) is 0 Å². The van der Waals surface area contributed by atoms with Crippen molar-refractivity contribution in [2.24, 2.45) is 5.73 Å². The van der Waals surface area contributed by atoms with Gasteiger partial charge in [-0.25, -0.2) is 4.98 Å². The lowest BCUT2D eigenvalue weighted by Gasteiger charge is -2.17. The van der Waals surface area contributed by atoms with Gasteiger partial charge < -0.3 is 15.2 Å². The maximum Gasteiger partial charge on any atom is 0.257 e. The third kappa shape index (κ3) is 5.37. The Hall–Kier alpha value is -4.49. The summed E-state index contributed by atoms with van der Waals surface area (Å²) >= 11 is 1.53. The summed E-state index contributed by atoms with van der Waals surface area (Å²) in [5.41, 5.74) is 8.04. The molecule has 0 unspecified atom stereocenters. The number of primary amides is 1. The second kappa shape index (κ2) is 10.2. The summed E-state index contributed by atoms with van der Waals surface area (Å²) in [7, 11) is 1.70. The normalized spacial score (nSPS) is 10.6. The number of nitrogens with one attached hydrogen (secondary N) is 1. The molecular formula is C25H22N6O3S. The van der Waals surface area contributed by atoms with Crippen molar-refractivity contribution in [2.45, 2.75) is 19.4 Å². The topological polar surface area (TPSA) is 134 Å². The smallest absolute Gasteiger partial charge is 0.257 e. The first-order valence-corrected chi connectivity index (χ1v) is 11.6. The molecule has 4 aromatic rings. The molecule has 0 aliphatic heterocycles. The Kier molecular flexibility index (Phi) is 6.89. The third-order valence-electron chi connectivity index (χ3n) is 5.48. The average molecular weight is 487 g/mol. The highest BCUT2D eigenvalue weighted by Gasteiger charge is 2.18. The van der Waals surface area contributed by atoms with Crippen LogP contribution in [0.5, 0.6) is 0 Å². The number of nitrogens with zero attached hydrogens (tertiary/aromatic N) is 4. The molecule has 0 radical (unpaired) electrons. The van der Waals surface area contributed by atoms with Gasteiger partial charge in [0, 0.05) is 36.1 Å². The number of thiophene rings is 1. The highest BCUT2D eigenvalue weighted by molar-refractivity contribution is 7.10. The zero-order valence-electron chi connectivity index (χ0n) is 18.9. The summed E-state index contributed by atoms with van der Waals surface area (Å²) < 4.78 is 1.71. The Labute approximate surface area is 205 Å². The van der Waals surface area contributed by atoms with Gasteiger partial charge in [-0.3, -0.25) is 19.7 Å². The largest absolute Gasteiger partial charge is 0.370 e. The summed E-state index contributed by atoms with van der Waals surface area (Å²) in [6.07, 6.45) is 0.358. The molecule has 2 heterocycles. The zero-order chi connectivity index (χ0) is 24.9. The number of aryl methyl sites for hydroxylation is 1. The van der Waals surface area contributed by atoms with E-state index in [1.165, 1.54) is 11.3 Å². The minimum absolute atomic E-state index is 0.0608. The van der Waals surface area contributed by atoms with E-state index < -0.39 is 11.8 Å². The number of hydrogen-bond donors (Lipinski definition) is 2. The number of aromatic nitrogens is 2. The Bertz CT molecular complexity index is 1430. The highest BCUT2D eigenvalue weighted by Crippen LogP contribution is 2.26. The predicted molar refractivity (Wildman–Crippen MR) is 134 cm³/mol. The Morgan fingerprint density at radius 3 is 2.60 bits per heavy atom.